The van der Waals surface area contributed by atoms with Gasteiger partial charge in [-0.1, -0.05) is 32.0 Å². The fourth-order valence-electron chi connectivity index (χ4n) is 2.30. The van der Waals surface area contributed by atoms with Crippen LogP contribution in [0.3, 0.4) is 0 Å². The van der Waals surface area contributed by atoms with E-state index < -0.39 is 5.97 Å². The Balaban J connectivity index is 2.46. The normalized spacial score (nSPS) is 12.2. The third-order valence-electron chi connectivity index (χ3n) is 3.65. The van der Waals surface area contributed by atoms with E-state index in [0.717, 1.165) is 12.0 Å². The second-order valence-corrected chi connectivity index (χ2v) is 5.14. The number of carbonyl (C=O) groups is 1. The minimum atomic E-state index is -1.03. The van der Waals surface area contributed by atoms with Crippen molar-refractivity contribution >= 4 is 5.97 Å². The number of benzene rings is 1. The molecular formula is C16H20N2O3. The lowest BCUT2D eigenvalue weighted by atomic mass is 9.98. The van der Waals surface area contributed by atoms with Crippen molar-refractivity contribution in [1.82, 2.24) is 9.78 Å². The van der Waals surface area contributed by atoms with E-state index in [1.807, 2.05) is 24.3 Å². The van der Waals surface area contributed by atoms with Crippen LogP contribution < -0.4 is 4.74 Å². The van der Waals surface area contributed by atoms with Crippen LogP contribution in [0, 0.1) is 6.92 Å². The Morgan fingerprint density at radius 2 is 2.10 bits per heavy atom. The van der Waals surface area contributed by atoms with Crippen LogP contribution in [0.25, 0.3) is 0 Å². The van der Waals surface area contributed by atoms with E-state index in [2.05, 4.69) is 18.9 Å². The number of carboxylic acids is 1. The van der Waals surface area contributed by atoms with Crippen molar-refractivity contribution in [2.75, 3.05) is 0 Å². The Bertz CT molecular complexity index is 662. The number of hydrogen-bond donors (Lipinski definition) is 1. The summed E-state index contributed by atoms with van der Waals surface area (Å²) in [5.41, 5.74) is 1.62. The summed E-state index contributed by atoms with van der Waals surface area (Å²) in [4.78, 5) is 11.4. The first-order chi connectivity index (χ1) is 9.95. The molecule has 1 N–H and O–H groups in total. The zero-order valence-corrected chi connectivity index (χ0v) is 12.8. The van der Waals surface area contributed by atoms with Gasteiger partial charge in [-0.2, -0.15) is 5.10 Å². The van der Waals surface area contributed by atoms with E-state index in [0.29, 0.717) is 17.4 Å². The SMILES string of the molecule is CCC(C)c1ccccc1Oc1c(C(=O)O)c(C)nn1C. The van der Waals surface area contributed by atoms with E-state index in [-0.39, 0.29) is 11.4 Å². The van der Waals surface area contributed by atoms with E-state index in [1.54, 1.807) is 14.0 Å². The highest BCUT2D eigenvalue weighted by molar-refractivity contribution is 5.91. The van der Waals surface area contributed by atoms with Gasteiger partial charge in [0.05, 0.1) is 5.69 Å². The highest BCUT2D eigenvalue weighted by Crippen LogP contribution is 2.33. The van der Waals surface area contributed by atoms with Crippen LogP contribution in [0.4, 0.5) is 0 Å². The molecule has 1 aromatic heterocycles. The molecular weight excluding hydrogens is 268 g/mol. The van der Waals surface area contributed by atoms with E-state index in [9.17, 15) is 9.90 Å². The molecule has 1 atom stereocenters. The summed E-state index contributed by atoms with van der Waals surface area (Å²) >= 11 is 0. The maximum atomic E-state index is 11.4. The van der Waals surface area contributed by atoms with Crippen LogP contribution in [0.5, 0.6) is 11.6 Å². The molecule has 0 fully saturated rings. The van der Waals surface area contributed by atoms with Crippen molar-refractivity contribution in [1.29, 1.82) is 0 Å². The molecule has 0 bridgehead atoms. The first-order valence-corrected chi connectivity index (χ1v) is 6.99. The van der Waals surface area contributed by atoms with Crippen LogP contribution in [-0.2, 0) is 7.05 Å². The van der Waals surface area contributed by atoms with Crippen LogP contribution in [-0.4, -0.2) is 20.9 Å². The Kier molecular flexibility index (Phi) is 4.31. The van der Waals surface area contributed by atoms with Gasteiger partial charge in [-0.25, -0.2) is 9.48 Å². The predicted molar refractivity (Wildman–Crippen MR) is 80.1 cm³/mol. The summed E-state index contributed by atoms with van der Waals surface area (Å²) in [5, 5.41) is 13.5. The molecule has 112 valence electrons. The molecule has 2 rings (SSSR count). The Hall–Kier alpha value is -2.30. The van der Waals surface area contributed by atoms with Gasteiger partial charge in [-0.3, -0.25) is 0 Å². The first kappa shape index (κ1) is 15.1. The summed E-state index contributed by atoms with van der Waals surface area (Å²) in [6, 6.07) is 7.70. The van der Waals surface area contributed by atoms with Crippen molar-refractivity contribution in [3.63, 3.8) is 0 Å². The average Bonchev–Trinajstić information content (AvgIpc) is 2.73. The third-order valence-corrected chi connectivity index (χ3v) is 3.65. The van der Waals surface area contributed by atoms with Crippen LogP contribution >= 0.6 is 0 Å². The number of aromatic carboxylic acids is 1. The summed E-state index contributed by atoms with van der Waals surface area (Å²) < 4.78 is 7.36. The number of para-hydroxylation sites is 1. The van der Waals surface area contributed by atoms with Crippen LogP contribution in [0.2, 0.25) is 0 Å². The molecule has 1 aromatic carbocycles. The van der Waals surface area contributed by atoms with Crippen molar-refractivity contribution in [3.8, 4) is 11.6 Å². The minimum absolute atomic E-state index is 0.108. The van der Waals surface area contributed by atoms with Gasteiger partial charge in [-0.05, 0) is 30.9 Å². The Morgan fingerprint density at radius 3 is 2.71 bits per heavy atom. The number of carboxylic acid groups (broad SMARTS) is 1. The first-order valence-electron chi connectivity index (χ1n) is 6.99. The largest absolute Gasteiger partial charge is 0.477 e. The van der Waals surface area contributed by atoms with E-state index in [4.69, 9.17) is 4.74 Å². The van der Waals surface area contributed by atoms with Crippen molar-refractivity contribution in [2.45, 2.75) is 33.1 Å². The molecule has 0 spiro atoms. The number of rotatable bonds is 5. The number of aryl methyl sites for hydroxylation is 2. The predicted octanol–water partition coefficient (Wildman–Crippen LogP) is 3.73. The second kappa shape index (κ2) is 5.99. The molecule has 0 aliphatic rings. The molecule has 0 saturated carbocycles. The highest BCUT2D eigenvalue weighted by Gasteiger charge is 2.22. The van der Waals surface area contributed by atoms with Gasteiger partial charge in [0.25, 0.3) is 0 Å². The molecule has 0 aliphatic heterocycles. The molecule has 1 unspecified atom stereocenters. The Morgan fingerprint density at radius 1 is 1.43 bits per heavy atom. The van der Waals surface area contributed by atoms with Gasteiger partial charge >= 0.3 is 5.97 Å². The maximum Gasteiger partial charge on any atom is 0.343 e. The summed E-state index contributed by atoms with van der Waals surface area (Å²) in [5.74, 6) is 0.244. The van der Waals surface area contributed by atoms with E-state index in [1.165, 1.54) is 4.68 Å². The van der Waals surface area contributed by atoms with Crippen molar-refractivity contribution in [2.24, 2.45) is 7.05 Å². The molecule has 2 aromatic rings. The van der Waals surface area contributed by atoms with Gasteiger partial charge < -0.3 is 9.84 Å². The second-order valence-electron chi connectivity index (χ2n) is 5.14. The molecule has 0 saturated heterocycles. The minimum Gasteiger partial charge on any atom is -0.477 e. The summed E-state index contributed by atoms with van der Waals surface area (Å²) in [6.07, 6.45) is 0.983. The Labute approximate surface area is 124 Å². The van der Waals surface area contributed by atoms with Gasteiger partial charge in [0, 0.05) is 7.05 Å². The van der Waals surface area contributed by atoms with Gasteiger partial charge in [0.2, 0.25) is 5.88 Å². The van der Waals surface area contributed by atoms with Gasteiger partial charge in [0.15, 0.2) is 0 Å². The fraction of sp³-hybridized carbons (Fsp3) is 0.375. The third kappa shape index (κ3) is 2.91. The number of aromatic nitrogens is 2. The smallest absolute Gasteiger partial charge is 0.343 e. The topological polar surface area (TPSA) is 64.3 Å². The molecule has 21 heavy (non-hydrogen) atoms. The van der Waals surface area contributed by atoms with Gasteiger partial charge in [0.1, 0.15) is 11.3 Å². The van der Waals surface area contributed by atoms with E-state index >= 15 is 0 Å². The molecule has 5 nitrogen and oxygen atoms in total. The van der Waals surface area contributed by atoms with Crippen LogP contribution in [0.1, 0.15) is 47.8 Å². The standard InChI is InChI=1S/C16H20N2O3/c1-5-10(2)12-8-6-7-9-13(12)21-15-14(16(19)20)11(3)17-18(15)4/h6-10H,5H2,1-4H3,(H,19,20). The molecule has 5 heteroatoms. The molecule has 0 aliphatic carbocycles. The number of ether oxygens (including phenoxy) is 1. The number of nitrogens with zero attached hydrogens (tertiary/aromatic N) is 2. The highest BCUT2D eigenvalue weighted by atomic mass is 16.5. The lowest BCUT2D eigenvalue weighted by Crippen LogP contribution is -2.04. The van der Waals surface area contributed by atoms with Crippen LogP contribution in [0.15, 0.2) is 24.3 Å². The number of hydrogen-bond acceptors (Lipinski definition) is 3. The van der Waals surface area contributed by atoms with Crippen molar-refractivity contribution in [3.05, 3.63) is 41.1 Å². The fourth-order valence-corrected chi connectivity index (χ4v) is 2.30. The van der Waals surface area contributed by atoms with Crippen molar-refractivity contribution < 1.29 is 14.6 Å². The zero-order chi connectivity index (χ0) is 15.6. The monoisotopic (exact) mass is 288 g/mol. The molecule has 1 heterocycles. The van der Waals surface area contributed by atoms with Gasteiger partial charge in [-0.15, -0.1) is 0 Å². The molecule has 0 amide bonds. The quantitative estimate of drug-likeness (QED) is 0.910. The summed E-state index contributed by atoms with van der Waals surface area (Å²) in [6.45, 7) is 5.89. The molecule has 0 radical (unpaired) electrons. The summed E-state index contributed by atoms with van der Waals surface area (Å²) in [7, 11) is 1.68. The lowest BCUT2D eigenvalue weighted by molar-refractivity contribution is 0.0693. The maximum absolute atomic E-state index is 11.4. The lowest BCUT2D eigenvalue weighted by Gasteiger charge is -2.15. The zero-order valence-electron chi connectivity index (χ0n) is 12.8. The average molecular weight is 288 g/mol.